The minimum absolute atomic E-state index is 0.135. The topological polar surface area (TPSA) is 108 Å². The summed E-state index contributed by atoms with van der Waals surface area (Å²) in [5, 5.41) is 21.8. The highest BCUT2D eigenvalue weighted by Gasteiger charge is 2.39. The van der Waals surface area contributed by atoms with Crippen LogP contribution in [0.3, 0.4) is 0 Å². The van der Waals surface area contributed by atoms with Gasteiger partial charge in [0.15, 0.2) is 17.3 Å². The Morgan fingerprint density at radius 2 is 1.92 bits per heavy atom. The molecule has 8 nitrogen and oxygen atoms in total. The SMILES string of the molecule is Cn1cc(C(=O)NC(Cc2cc(-c3ccc(O)c(F)c3)n[nH]2)=Nc2cc(Cl)ccc2F)c(C(F)(F)F)n1. The molecular weight excluding hydrogens is 523 g/mol. The number of phenolic OH excluding ortho intramolecular Hbond substituents is 1. The number of rotatable bonds is 5. The molecule has 0 spiro atoms. The maximum atomic E-state index is 14.3. The molecule has 4 aromatic rings. The van der Waals surface area contributed by atoms with Crippen LogP contribution in [0, 0.1) is 11.6 Å². The highest BCUT2D eigenvalue weighted by Crippen LogP contribution is 2.31. The van der Waals surface area contributed by atoms with Crippen LogP contribution in [0.15, 0.2) is 53.7 Å². The first-order valence-electron chi connectivity index (χ1n) is 10.4. The Morgan fingerprint density at radius 3 is 2.62 bits per heavy atom. The Kier molecular flexibility index (Phi) is 6.99. The van der Waals surface area contributed by atoms with Crippen molar-refractivity contribution in [3.05, 3.63) is 82.3 Å². The van der Waals surface area contributed by atoms with E-state index in [0.717, 1.165) is 29.1 Å². The third-order valence-corrected chi connectivity index (χ3v) is 5.23. The summed E-state index contributed by atoms with van der Waals surface area (Å²) >= 11 is 5.91. The number of aryl methyl sites for hydroxylation is 1. The number of hydrogen-bond donors (Lipinski definition) is 3. The maximum Gasteiger partial charge on any atom is 0.435 e. The third kappa shape index (κ3) is 5.94. The van der Waals surface area contributed by atoms with Crippen molar-refractivity contribution in [3.63, 3.8) is 0 Å². The van der Waals surface area contributed by atoms with E-state index in [-0.39, 0.29) is 28.7 Å². The van der Waals surface area contributed by atoms with E-state index >= 15 is 0 Å². The molecule has 0 aliphatic rings. The number of amidine groups is 1. The molecule has 2 aromatic carbocycles. The fraction of sp³-hybridized carbons (Fsp3) is 0.130. The molecule has 0 unspecified atom stereocenters. The molecule has 37 heavy (non-hydrogen) atoms. The summed E-state index contributed by atoms with van der Waals surface area (Å²) in [6.07, 6.45) is -4.25. The molecule has 3 N–H and O–H groups in total. The number of hydrogen-bond acceptors (Lipinski definition) is 5. The second kappa shape index (κ2) is 10.0. The number of alkyl halides is 3. The number of H-pyrrole nitrogens is 1. The van der Waals surface area contributed by atoms with E-state index < -0.39 is 40.7 Å². The molecule has 0 radical (unpaired) electrons. The molecule has 192 valence electrons. The normalized spacial score (nSPS) is 12.1. The van der Waals surface area contributed by atoms with Crippen LogP contribution in [-0.4, -0.2) is 36.8 Å². The number of aromatic hydroxyl groups is 1. The van der Waals surface area contributed by atoms with E-state index in [2.05, 4.69) is 25.6 Å². The zero-order chi connectivity index (χ0) is 26.9. The summed E-state index contributed by atoms with van der Waals surface area (Å²) in [4.78, 5) is 16.9. The molecule has 2 aromatic heterocycles. The quantitative estimate of drug-likeness (QED) is 0.185. The Labute approximate surface area is 210 Å². The van der Waals surface area contributed by atoms with E-state index in [1.807, 2.05) is 0 Å². The van der Waals surface area contributed by atoms with Crippen molar-refractivity contribution in [1.82, 2.24) is 25.3 Å². The van der Waals surface area contributed by atoms with Crippen LogP contribution >= 0.6 is 11.6 Å². The van der Waals surface area contributed by atoms with Gasteiger partial charge in [-0.15, -0.1) is 0 Å². The number of aliphatic imine (C=N–C) groups is 1. The Hall–Kier alpha value is -4.26. The number of amides is 1. The smallest absolute Gasteiger partial charge is 0.435 e. The lowest BCUT2D eigenvalue weighted by molar-refractivity contribution is -0.141. The number of carbonyl (C=O) groups is 1. The van der Waals surface area contributed by atoms with Gasteiger partial charge in [-0.3, -0.25) is 14.6 Å². The highest BCUT2D eigenvalue weighted by atomic mass is 35.5. The summed E-state index contributed by atoms with van der Waals surface area (Å²) in [6, 6.07) is 8.56. The third-order valence-electron chi connectivity index (χ3n) is 5.00. The molecule has 4 rings (SSSR count). The number of phenols is 1. The number of nitrogens with zero attached hydrogens (tertiary/aromatic N) is 4. The van der Waals surface area contributed by atoms with Gasteiger partial charge in [-0.1, -0.05) is 11.6 Å². The molecule has 14 heteroatoms. The summed E-state index contributed by atoms with van der Waals surface area (Å²) in [5.41, 5.74) is -1.57. The predicted molar refractivity (Wildman–Crippen MR) is 124 cm³/mol. The fourth-order valence-electron chi connectivity index (χ4n) is 3.34. The standard InChI is InChI=1S/C23H16ClF5N6O2/c1-35-10-14(21(34-35)23(27,28)29)22(37)31-20(30-18-7-12(24)3-4-15(18)25)9-13-8-17(33-32-13)11-2-5-19(36)16(26)6-11/h2-8,10,36H,9H2,1H3,(H,32,33)(H,30,31,37). The number of nitrogens with one attached hydrogen (secondary N) is 2. The van der Waals surface area contributed by atoms with Gasteiger partial charge in [0.25, 0.3) is 5.91 Å². The van der Waals surface area contributed by atoms with Crippen LogP contribution < -0.4 is 5.32 Å². The van der Waals surface area contributed by atoms with Crippen LogP contribution in [0.25, 0.3) is 11.3 Å². The van der Waals surface area contributed by atoms with Crippen LogP contribution in [0.2, 0.25) is 5.02 Å². The van der Waals surface area contributed by atoms with Crippen LogP contribution in [-0.2, 0) is 19.6 Å². The van der Waals surface area contributed by atoms with Crippen molar-refractivity contribution in [2.75, 3.05) is 0 Å². The highest BCUT2D eigenvalue weighted by molar-refractivity contribution is 6.30. The van der Waals surface area contributed by atoms with E-state index in [9.17, 15) is 31.9 Å². The molecule has 2 heterocycles. The molecule has 0 atom stereocenters. The molecule has 0 bridgehead atoms. The lowest BCUT2D eigenvalue weighted by atomic mass is 10.1. The largest absolute Gasteiger partial charge is 0.505 e. The van der Waals surface area contributed by atoms with Crippen molar-refractivity contribution in [1.29, 1.82) is 0 Å². The van der Waals surface area contributed by atoms with Gasteiger partial charge in [-0.05, 0) is 42.5 Å². The molecule has 0 aliphatic carbocycles. The lowest BCUT2D eigenvalue weighted by Gasteiger charge is -2.10. The van der Waals surface area contributed by atoms with Crippen molar-refractivity contribution in [2.45, 2.75) is 12.6 Å². The summed E-state index contributed by atoms with van der Waals surface area (Å²) in [7, 11) is 1.22. The first-order chi connectivity index (χ1) is 17.4. The number of carbonyl (C=O) groups excluding carboxylic acids is 1. The molecule has 1 amide bonds. The Balaban J connectivity index is 1.68. The number of aromatic nitrogens is 4. The van der Waals surface area contributed by atoms with E-state index in [0.29, 0.717) is 11.3 Å². The van der Waals surface area contributed by atoms with Gasteiger partial charge in [0.2, 0.25) is 0 Å². The van der Waals surface area contributed by atoms with Gasteiger partial charge in [-0.2, -0.15) is 23.4 Å². The number of halogens is 6. The van der Waals surface area contributed by atoms with Crippen LogP contribution in [0.4, 0.5) is 27.6 Å². The maximum absolute atomic E-state index is 14.3. The fourth-order valence-corrected chi connectivity index (χ4v) is 3.50. The minimum atomic E-state index is -4.90. The van der Waals surface area contributed by atoms with Crippen LogP contribution in [0.1, 0.15) is 21.7 Å². The van der Waals surface area contributed by atoms with E-state index in [1.54, 1.807) is 0 Å². The van der Waals surface area contributed by atoms with Gasteiger partial charge in [0.05, 0.1) is 11.3 Å². The summed E-state index contributed by atoms with van der Waals surface area (Å²) < 4.78 is 69.0. The van der Waals surface area contributed by atoms with Gasteiger partial charge in [0, 0.05) is 35.9 Å². The second-order valence-electron chi connectivity index (χ2n) is 7.79. The van der Waals surface area contributed by atoms with Crippen molar-refractivity contribution in [3.8, 4) is 17.0 Å². The summed E-state index contributed by atoms with van der Waals surface area (Å²) in [5.74, 6) is -3.63. The van der Waals surface area contributed by atoms with Crippen molar-refractivity contribution in [2.24, 2.45) is 12.0 Å². The first-order valence-corrected chi connectivity index (χ1v) is 10.8. The van der Waals surface area contributed by atoms with Gasteiger partial charge >= 0.3 is 6.18 Å². The van der Waals surface area contributed by atoms with Crippen molar-refractivity contribution >= 4 is 29.0 Å². The van der Waals surface area contributed by atoms with Crippen molar-refractivity contribution < 1.29 is 31.9 Å². The summed E-state index contributed by atoms with van der Waals surface area (Å²) in [6.45, 7) is 0. The molecular formula is C23H16ClF5N6O2. The monoisotopic (exact) mass is 538 g/mol. The minimum Gasteiger partial charge on any atom is -0.505 e. The van der Waals surface area contributed by atoms with Gasteiger partial charge in [0.1, 0.15) is 17.3 Å². The average Bonchev–Trinajstić information content (AvgIpc) is 3.45. The first kappa shape index (κ1) is 25.8. The van der Waals surface area contributed by atoms with Gasteiger partial charge < -0.3 is 10.4 Å². The second-order valence-corrected chi connectivity index (χ2v) is 8.23. The molecule has 0 fully saturated rings. The number of benzene rings is 2. The zero-order valence-electron chi connectivity index (χ0n) is 18.7. The van der Waals surface area contributed by atoms with Gasteiger partial charge in [-0.25, -0.2) is 13.8 Å². The van der Waals surface area contributed by atoms with E-state index in [4.69, 9.17) is 11.6 Å². The lowest BCUT2D eigenvalue weighted by Crippen LogP contribution is -2.33. The van der Waals surface area contributed by atoms with E-state index in [1.165, 1.54) is 31.3 Å². The Bertz CT molecular complexity index is 1510. The average molecular weight is 539 g/mol. The number of aromatic amines is 1. The zero-order valence-corrected chi connectivity index (χ0v) is 19.5. The Morgan fingerprint density at radius 1 is 1.16 bits per heavy atom. The predicted octanol–water partition coefficient (Wildman–Crippen LogP) is 5.17. The van der Waals surface area contributed by atoms with Crippen LogP contribution in [0.5, 0.6) is 5.75 Å². The molecule has 0 aliphatic heterocycles. The molecule has 0 saturated heterocycles. The molecule has 0 saturated carbocycles.